The second-order valence-electron chi connectivity index (χ2n) is 5.36. The molecule has 0 bridgehead atoms. The van der Waals surface area contributed by atoms with Crippen molar-refractivity contribution in [2.24, 2.45) is 0 Å². The topological polar surface area (TPSA) is 103 Å². The maximum absolute atomic E-state index is 12.2. The predicted octanol–water partition coefficient (Wildman–Crippen LogP) is 1.62. The van der Waals surface area contributed by atoms with Crippen LogP contribution in [0, 0.1) is 0 Å². The molecule has 2 aromatic carbocycles. The summed E-state index contributed by atoms with van der Waals surface area (Å²) in [4.78, 5) is 35.6. The van der Waals surface area contributed by atoms with E-state index < -0.39 is 24.4 Å². The summed E-state index contributed by atoms with van der Waals surface area (Å²) in [6.07, 6.45) is 0. The molecule has 0 heterocycles. The summed E-state index contributed by atoms with van der Waals surface area (Å²) in [5.41, 5.74) is 0.861. The second kappa shape index (κ2) is 9.81. The van der Waals surface area contributed by atoms with Gasteiger partial charge in [0.05, 0.1) is 14.2 Å². The summed E-state index contributed by atoms with van der Waals surface area (Å²) < 4.78 is 15.0. The van der Waals surface area contributed by atoms with Crippen LogP contribution in [0.5, 0.6) is 11.5 Å². The highest BCUT2D eigenvalue weighted by Gasteiger charge is 2.13. The maximum atomic E-state index is 12.2. The van der Waals surface area contributed by atoms with Gasteiger partial charge in [-0.3, -0.25) is 14.4 Å². The number of carbonyl (C=O) groups is 3. The number of para-hydroxylation sites is 1. The number of ether oxygens (including phenoxy) is 3. The highest BCUT2D eigenvalue weighted by Crippen LogP contribution is 2.22. The lowest BCUT2D eigenvalue weighted by molar-refractivity contribution is -0.146. The fraction of sp³-hybridized carbons (Fsp3) is 0.211. The molecule has 0 aliphatic rings. The van der Waals surface area contributed by atoms with Gasteiger partial charge in [0.1, 0.15) is 18.0 Å². The van der Waals surface area contributed by atoms with E-state index in [-0.39, 0.29) is 12.1 Å². The van der Waals surface area contributed by atoms with Gasteiger partial charge >= 0.3 is 5.97 Å². The lowest BCUT2D eigenvalue weighted by Crippen LogP contribution is -2.32. The molecule has 0 fully saturated rings. The fourth-order valence-corrected chi connectivity index (χ4v) is 2.11. The SMILES string of the molecule is COc1cc(OC)cc(C(=O)NCC(=O)OCC(=O)Nc2ccccc2)c1. The molecular formula is C19H20N2O6. The lowest BCUT2D eigenvalue weighted by Gasteiger charge is -2.09. The molecule has 0 saturated carbocycles. The average Bonchev–Trinajstić information content (AvgIpc) is 2.70. The van der Waals surface area contributed by atoms with Gasteiger partial charge in [0, 0.05) is 17.3 Å². The maximum Gasteiger partial charge on any atom is 0.325 e. The molecular weight excluding hydrogens is 352 g/mol. The number of methoxy groups -OCH3 is 2. The van der Waals surface area contributed by atoms with Crippen LogP contribution in [0.25, 0.3) is 0 Å². The van der Waals surface area contributed by atoms with Crippen molar-refractivity contribution in [3.05, 3.63) is 54.1 Å². The highest BCUT2D eigenvalue weighted by atomic mass is 16.5. The zero-order valence-electron chi connectivity index (χ0n) is 15.0. The van der Waals surface area contributed by atoms with Crippen molar-refractivity contribution in [2.45, 2.75) is 0 Å². The number of amides is 2. The molecule has 0 unspecified atom stereocenters. The first-order valence-corrected chi connectivity index (χ1v) is 8.03. The van der Waals surface area contributed by atoms with E-state index >= 15 is 0 Å². The van der Waals surface area contributed by atoms with Crippen LogP contribution in [0.1, 0.15) is 10.4 Å². The van der Waals surface area contributed by atoms with Gasteiger partial charge in [-0.25, -0.2) is 0 Å². The molecule has 0 aromatic heterocycles. The molecule has 2 rings (SSSR count). The van der Waals surface area contributed by atoms with Crippen LogP contribution in [0.4, 0.5) is 5.69 Å². The van der Waals surface area contributed by atoms with Crippen molar-refractivity contribution in [1.82, 2.24) is 5.32 Å². The molecule has 142 valence electrons. The first kappa shape index (κ1) is 19.8. The van der Waals surface area contributed by atoms with Gasteiger partial charge in [-0.15, -0.1) is 0 Å². The number of hydrogen-bond acceptors (Lipinski definition) is 6. The van der Waals surface area contributed by atoms with Crippen LogP contribution in [-0.4, -0.2) is 45.2 Å². The van der Waals surface area contributed by atoms with Crippen LogP contribution in [-0.2, 0) is 14.3 Å². The monoisotopic (exact) mass is 372 g/mol. The Balaban J connectivity index is 1.79. The molecule has 0 spiro atoms. The van der Waals surface area contributed by atoms with Crippen molar-refractivity contribution < 1.29 is 28.6 Å². The van der Waals surface area contributed by atoms with Crippen LogP contribution in [0.15, 0.2) is 48.5 Å². The first-order valence-electron chi connectivity index (χ1n) is 8.03. The predicted molar refractivity (Wildman–Crippen MR) is 97.9 cm³/mol. The molecule has 8 nitrogen and oxygen atoms in total. The summed E-state index contributed by atoms with van der Waals surface area (Å²) in [6.45, 7) is -0.826. The van der Waals surface area contributed by atoms with E-state index in [9.17, 15) is 14.4 Å². The van der Waals surface area contributed by atoms with E-state index in [1.165, 1.54) is 26.4 Å². The van der Waals surface area contributed by atoms with Crippen molar-refractivity contribution in [3.63, 3.8) is 0 Å². The number of esters is 1. The first-order chi connectivity index (χ1) is 13.0. The molecule has 0 radical (unpaired) electrons. The van der Waals surface area contributed by atoms with Crippen LogP contribution >= 0.6 is 0 Å². The average molecular weight is 372 g/mol. The Hall–Kier alpha value is -3.55. The number of carbonyl (C=O) groups excluding carboxylic acids is 3. The van der Waals surface area contributed by atoms with Crippen LogP contribution in [0.3, 0.4) is 0 Å². The Bertz CT molecular complexity index is 785. The molecule has 8 heteroatoms. The summed E-state index contributed by atoms with van der Waals surface area (Å²) in [6, 6.07) is 13.4. The van der Waals surface area contributed by atoms with Crippen molar-refractivity contribution in [3.8, 4) is 11.5 Å². The van der Waals surface area contributed by atoms with E-state index in [0.29, 0.717) is 17.2 Å². The van der Waals surface area contributed by atoms with E-state index in [2.05, 4.69) is 10.6 Å². The fourth-order valence-electron chi connectivity index (χ4n) is 2.11. The molecule has 2 aromatic rings. The summed E-state index contributed by atoms with van der Waals surface area (Å²) in [7, 11) is 2.93. The van der Waals surface area contributed by atoms with Gasteiger partial charge in [-0.1, -0.05) is 18.2 Å². The largest absolute Gasteiger partial charge is 0.497 e. The Labute approximate surface area is 156 Å². The second-order valence-corrected chi connectivity index (χ2v) is 5.36. The Morgan fingerprint density at radius 1 is 0.926 bits per heavy atom. The Morgan fingerprint density at radius 3 is 2.15 bits per heavy atom. The van der Waals surface area contributed by atoms with Gasteiger partial charge in [0.2, 0.25) is 0 Å². The third-order valence-corrected chi connectivity index (χ3v) is 3.43. The van der Waals surface area contributed by atoms with E-state index in [4.69, 9.17) is 14.2 Å². The van der Waals surface area contributed by atoms with Gasteiger partial charge in [-0.05, 0) is 24.3 Å². The Kier molecular flexibility index (Phi) is 7.18. The van der Waals surface area contributed by atoms with E-state index in [1.54, 1.807) is 30.3 Å². The summed E-state index contributed by atoms with van der Waals surface area (Å²) in [5.74, 6) is -0.822. The number of benzene rings is 2. The van der Waals surface area contributed by atoms with Crippen molar-refractivity contribution in [1.29, 1.82) is 0 Å². The quantitative estimate of drug-likeness (QED) is 0.683. The van der Waals surface area contributed by atoms with Crippen LogP contribution in [0.2, 0.25) is 0 Å². The standard InChI is InChI=1S/C19H20N2O6/c1-25-15-8-13(9-16(10-15)26-2)19(24)20-11-18(23)27-12-17(22)21-14-6-4-3-5-7-14/h3-10H,11-12H2,1-2H3,(H,20,24)(H,21,22). The van der Waals surface area contributed by atoms with Gasteiger partial charge in [-0.2, -0.15) is 0 Å². The summed E-state index contributed by atoms with van der Waals surface area (Å²) in [5, 5.41) is 5.00. The van der Waals surface area contributed by atoms with Crippen molar-refractivity contribution >= 4 is 23.5 Å². The third kappa shape index (κ3) is 6.35. The van der Waals surface area contributed by atoms with Crippen LogP contribution < -0.4 is 20.1 Å². The number of anilines is 1. The number of hydrogen-bond donors (Lipinski definition) is 2. The molecule has 0 atom stereocenters. The molecule has 27 heavy (non-hydrogen) atoms. The van der Waals surface area contributed by atoms with Gasteiger partial charge in [0.25, 0.3) is 11.8 Å². The number of nitrogens with one attached hydrogen (secondary N) is 2. The molecule has 0 aliphatic heterocycles. The number of rotatable bonds is 8. The third-order valence-electron chi connectivity index (χ3n) is 3.43. The molecule has 0 aliphatic carbocycles. The minimum atomic E-state index is -0.735. The molecule has 2 amide bonds. The van der Waals surface area contributed by atoms with Gasteiger partial charge in [0.15, 0.2) is 6.61 Å². The molecule has 2 N–H and O–H groups in total. The van der Waals surface area contributed by atoms with E-state index in [1.807, 2.05) is 6.07 Å². The zero-order chi connectivity index (χ0) is 19.6. The highest BCUT2D eigenvalue weighted by molar-refractivity contribution is 5.97. The smallest absolute Gasteiger partial charge is 0.325 e. The lowest BCUT2D eigenvalue weighted by atomic mass is 10.2. The minimum Gasteiger partial charge on any atom is -0.497 e. The Morgan fingerprint density at radius 2 is 1.56 bits per heavy atom. The van der Waals surface area contributed by atoms with Gasteiger partial charge < -0.3 is 24.8 Å². The normalized spacial score (nSPS) is 9.85. The zero-order valence-corrected chi connectivity index (χ0v) is 15.0. The van der Waals surface area contributed by atoms with E-state index in [0.717, 1.165) is 0 Å². The minimum absolute atomic E-state index is 0.265. The molecule has 0 saturated heterocycles. The summed E-state index contributed by atoms with van der Waals surface area (Å²) >= 11 is 0. The van der Waals surface area contributed by atoms with Crippen molar-refractivity contribution in [2.75, 3.05) is 32.7 Å².